The summed E-state index contributed by atoms with van der Waals surface area (Å²) in [6.45, 7) is 4.62. The average molecular weight is 270 g/mol. The molecular formula is C13H18O6. The van der Waals surface area contributed by atoms with E-state index in [0.717, 1.165) is 6.08 Å². The van der Waals surface area contributed by atoms with E-state index in [1.54, 1.807) is 13.8 Å². The van der Waals surface area contributed by atoms with Crippen LogP contribution in [0.1, 0.15) is 27.2 Å². The minimum atomic E-state index is -1.97. The van der Waals surface area contributed by atoms with E-state index < -0.39 is 35.2 Å². The molecule has 1 N–H and O–H groups in total. The third-order valence-corrected chi connectivity index (χ3v) is 3.20. The predicted octanol–water partition coefficient (Wildman–Crippen LogP) is 0.377. The number of Topliss-reactive ketones (excluding diaryl/α,β-unsaturated/α-hetero) is 1. The predicted molar refractivity (Wildman–Crippen MR) is 65.1 cm³/mol. The summed E-state index contributed by atoms with van der Waals surface area (Å²) in [6.07, 6.45) is -0.0881. The molecule has 6 nitrogen and oxygen atoms in total. The van der Waals surface area contributed by atoms with E-state index in [2.05, 4.69) is 0 Å². The van der Waals surface area contributed by atoms with Gasteiger partial charge in [0.25, 0.3) is 0 Å². The SMILES string of the molecule is CCC(C)C(=O)OC1C(=O)C=C(OC)C(C)(O)C1=O. The van der Waals surface area contributed by atoms with Gasteiger partial charge >= 0.3 is 5.97 Å². The Morgan fingerprint density at radius 1 is 1.53 bits per heavy atom. The van der Waals surface area contributed by atoms with Crippen molar-refractivity contribution in [1.29, 1.82) is 0 Å². The molecule has 0 aromatic heterocycles. The molecule has 0 aromatic carbocycles. The molecular weight excluding hydrogens is 252 g/mol. The van der Waals surface area contributed by atoms with Gasteiger partial charge in [-0.25, -0.2) is 0 Å². The molecule has 6 heteroatoms. The Morgan fingerprint density at radius 2 is 2.11 bits per heavy atom. The maximum Gasteiger partial charge on any atom is 0.309 e. The van der Waals surface area contributed by atoms with E-state index in [9.17, 15) is 19.5 Å². The van der Waals surface area contributed by atoms with Gasteiger partial charge in [0, 0.05) is 6.08 Å². The van der Waals surface area contributed by atoms with Crippen molar-refractivity contribution < 1.29 is 29.0 Å². The quantitative estimate of drug-likeness (QED) is 0.586. The molecule has 0 aromatic rings. The van der Waals surface area contributed by atoms with Crippen LogP contribution in [0.3, 0.4) is 0 Å². The van der Waals surface area contributed by atoms with Crippen molar-refractivity contribution in [3.8, 4) is 0 Å². The van der Waals surface area contributed by atoms with Crippen molar-refractivity contribution in [2.24, 2.45) is 5.92 Å². The van der Waals surface area contributed by atoms with Crippen LogP contribution in [0.5, 0.6) is 0 Å². The molecule has 106 valence electrons. The zero-order chi connectivity index (χ0) is 14.8. The fourth-order valence-corrected chi connectivity index (χ4v) is 1.62. The Kier molecular flexibility index (Phi) is 4.47. The first-order chi connectivity index (χ1) is 8.75. The van der Waals surface area contributed by atoms with Gasteiger partial charge in [0.1, 0.15) is 5.76 Å². The summed E-state index contributed by atoms with van der Waals surface area (Å²) in [5.74, 6) is -2.81. The van der Waals surface area contributed by atoms with Gasteiger partial charge in [-0.05, 0) is 13.3 Å². The third-order valence-electron chi connectivity index (χ3n) is 3.20. The lowest BCUT2D eigenvalue weighted by Crippen LogP contribution is -2.53. The summed E-state index contributed by atoms with van der Waals surface area (Å²) >= 11 is 0. The number of methoxy groups -OCH3 is 1. The highest BCUT2D eigenvalue weighted by molar-refractivity contribution is 6.17. The van der Waals surface area contributed by atoms with Gasteiger partial charge in [0.05, 0.1) is 13.0 Å². The van der Waals surface area contributed by atoms with Crippen molar-refractivity contribution in [3.05, 3.63) is 11.8 Å². The molecule has 1 rings (SSSR count). The van der Waals surface area contributed by atoms with E-state index >= 15 is 0 Å². The molecule has 1 aliphatic carbocycles. The second-order valence-electron chi connectivity index (χ2n) is 4.68. The van der Waals surface area contributed by atoms with E-state index in [1.165, 1.54) is 14.0 Å². The lowest BCUT2D eigenvalue weighted by Gasteiger charge is -2.31. The van der Waals surface area contributed by atoms with E-state index in [-0.39, 0.29) is 5.76 Å². The lowest BCUT2D eigenvalue weighted by molar-refractivity contribution is -0.169. The van der Waals surface area contributed by atoms with Crippen LogP contribution in [0, 0.1) is 5.92 Å². The third kappa shape index (κ3) is 2.84. The Balaban J connectivity index is 2.99. The second-order valence-corrected chi connectivity index (χ2v) is 4.68. The van der Waals surface area contributed by atoms with Crippen LogP contribution in [-0.4, -0.2) is 41.5 Å². The maximum atomic E-state index is 12.0. The van der Waals surface area contributed by atoms with Gasteiger partial charge in [-0.1, -0.05) is 13.8 Å². The van der Waals surface area contributed by atoms with Crippen molar-refractivity contribution in [3.63, 3.8) is 0 Å². The lowest BCUT2D eigenvalue weighted by atomic mass is 9.86. The molecule has 1 aliphatic rings. The Morgan fingerprint density at radius 3 is 2.58 bits per heavy atom. The van der Waals surface area contributed by atoms with Gasteiger partial charge in [-0.3, -0.25) is 14.4 Å². The molecule has 0 spiro atoms. The first-order valence-corrected chi connectivity index (χ1v) is 6.02. The van der Waals surface area contributed by atoms with Crippen LogP contribution >= 0.6 is 0 Å². The number of esters is 1. The van der Waals surface area contributed by atoms with Crippen LogP contribution in [0.4, 0.5) is 0 Å². The average Bonchev–Trinajstić information content (AvgIpc) is 2.37. The molecule has 0 aliphatic heterocycles. The summed E-state index contributed by atoms with van der Waals surface area (Å²) in [5, 5.41) is 10.0. The zero-order valence-corrected chi connectivity index (χ0v) is 11.4. The summed E-state index contributed by atoms with van der Waals surface area (Å²) in [6, 6.07) is 0. The Labute approximate surface area is 111 Å². The summed E-state index contributed by atoms with van der Waals surface area (Å²) < 4.78 is 9.70. The normalized spacial score (nSPS) is 28.7. The van der Waals surface area contributed by atoms with Gasteiger partial charge in [-0.2, -0.15) is 0 Å². The Hall–Kier alpha value is -1.69. The molecule has 19 heavy (non-hydrogen) atoms. The fraction of sp³-hybridized carbons (Fsp3) is 0.615. The molecule has 3 atom stereocenters. The monoisotopic (exact) mass is 270 g/mol. The van der Waals surface area contributed by atoms with Crippen LogP contribution in [0.15, 0.2) is 11.8 Å². The number of carbonyl (C=O) groups excluding carboxylic acids is 3. The summed E-state index contributed by atoms with van der Waals surface area (Å²) in [5.41, 5.74) is -1.97. The molecule has 0 heterocycles. The highest BCUT2D eigenvalue weighted by atomic mass is 16.6. The highest BCUT2D eigenvalue weighted by Crippen LogP contribution is 2.27. The van der Waals surface area contributed by atoms with E-state index in [1.807, 2.05) is 0 Å². The minimum absolute atomic E-state index is 0.154. The maximum absolute atomic E-state index is 12.0. The molecule has 0 radical (unpaired) electrons. The number of carbonyl (C=O) groups is 3. The summed E-state index contributed by atoms with van der Waals surface area (Å²) in [4.78, 5) is 35.4. The van der Waals surface area contributed by atoms with Crippen LogP contribution in [-0.2, 0) is 23.9 Å². The first kappa shape index (κ1) is 15.4. The largest absolute Gasteiger partial charge is 0.497 e. The molecule has 0 bridgehead atoms. The number of aliphatic hydroxyl groups is 1. The summed E-state index contributed by atoms with van der Waals surface area (Å²) in [7, 11) is 1.24. The highest BCUT2D eigenvalue weighted by Gasteiger charge is 2.49. The van der Waals surface area contributed by atoms with Crippen LogP contribution in [0.2, 0.25) is 0 Å². The van der Waals surface area contributed by atoms with Crippen molar-refractivity contribution in [2.45, 2.75) is 38.9 Å². The van der Waals surface area contributed by atoms with Crippen molar-refractivity contribution in [1.82, 2.24) is 0 Å². The number of ketones is 2. The molecule has 0 saturated carbocycles. The number of ether oxygens (including phenoxy) is 2. The standard InChI is InChI=1S/C13H18O6/c1-5-7(2)12(16)19-10-8(14)6-9(18-4)13(3,17)11(10)15/h6-7,10,17H,5H2,1-4H3. The smallest absolute Gasteiger partial charge is 0.309 e. The van der Waals surface area contributed by atoms with Gasteiger partial charge < -0.3 is 14.6 Å². The van der Waals surface area contributed by atoms with Gasteiger partial charge in [-0.15, -0.1) is 0 Å². The second kappa shape index (κ2) is 5.52. The van der Waals surface area contributed by atoms with Gasteiger partial charge in [0.15, 0.2) is 5.60 Å². The first-order valence-electron chi connectivity index (χ1n) is 6.02. The number of hydrogen-bond acceptors (Lipinski definition) is 6. The number of rotatable bonds is 4. The number of hydrogen-bond donors (Lipinski definition) is 1. The van der Waals surface area contributed by atoms with E-state index in [0.29, 0.717) is 6.42 Å². The van der Waals surface area contributed by atoms with Crippen LogP contribution in [0.25, 0.3) is 0 Å². The van der Waals surface area contributed by atoms with Gasteiger partial charge in [0.2, 0.25) is 17.7 Å². The minimum Gasteiger partial charge on any atom is -0.497 e. The molecule has 0 saturated heterocycles. The molecule has 0 fully saturated rings. The van der Waals surface area contributed by atoms with Crippen LogP contribution < -0.4 is 0 Å². The van der Waals surface area contributed by atoms with E-state index in [4.69, 9.17) is 9.47 Å². The fourth-order valence-electron chi connectivity index (χ4n) is 1.62. The van der Waals surface area contributed by atoms with Crippen molar-refractivity contribution >= 4 is 17.5 Å². The molecule has 3 unspecified atom stereocenters. The molecule has 0 amide bonds. The topological polar surface area (TPSA) is 89.9 Å². The van der Waals surface area contributed by atoms with Crippen molar-refractivity contribution in [2.75, 3.05) is 7.11 Å². The zero-order valence-electron chi connectivity index (χ0n) is 11.4. The Bertz CT molecular complexity index is 434.